The van der Waals surface area contributed by atoms with Crippen molar-refractivity contribution in [1.29, 1.82) is 0 Å². The molecule has 0 fully saturated rings. The highest BCUT2D eigenvalue weighted by Gasteiger charge is 2.33. The van der Waals surface area contributed by atoms with Crippen molar-refractivity contribution in [3.63, 3.8) is 0 Å². The molecule has 0 saturated carbocycles. The summed E-state index contributed by atoms with van der Waals surface area (Å²) in [5.41, 5.74) is 5.21. The summed E-state index contributed by atoms with van der Waals surface area (Å²) in [6.07, 6.45) is 3.68. The normalized spacial score (nSPS) is 23.4. The highest BCUT2D eigenvalue weighted by Crippen LogP contribution is 2.41. The van der Waals surface area contributed by atoms with Crippen LogP contribution in [0.3, 0.4) is 0 Å². The van der Waals surface area contributed by atoms with Gasteiger partial charge in [-0.3, -0.25) is 0 Å². The molecule has 0 aromatic heterocycles. The number of hydrogen-bond donors (Lipinski definition) is 1. The van der Waals surface area contributed by atoms with Crippen LogP contribution in [0.25, 0.3) is 0 Å². The Hall–Kier alpha value is -1.96. The van der Waals surface area contributed by atoms with Gasteiger partial charge in [-0.1, -0.05) is 30.3 Å². The standard InChI is InChI=1S/C18H19NO/c1-12-9-10-17-16(11-12)19-15-8-4-6-13-5-2-3-7-14(13)18(15)20-17/h2-3,5,7,9-11,15,18-19H,4,6,8H2,1H3. The van der Waals surface area contributed by atoms with Gasteiger partial charge in [0.1, 0.15) is 11.9 Å². The van der Waals surface area contributed by atoms with Gasteiger partial charge in [0, 0.05) is 0 Å². The molecular weight excluding hydrogens is 246 g/mol. The first kappa shape index (κ1) is 11.8. The third-order valence-corrected chi connectivity index (χ3v) is 4.42. The van der Waals surface area contributed by atoms with Gasteiger partial charge in [-0.25, -0.2) is 0 Å². The lowest BCUT2D eigenvalue weighted by atomic mass is 9.96. The molecule has 2 aliphatic rings. The molecule has 2 atom stereocenters. The lowest BCUT2D eigenvalue weighted by Crippen LogP contribution is -2.34. The van der Waals surface area contributed by atoms with Crippen LogP contribution in [0.15, 0.2) is 42.5 Å². The van der Waals surface area contributed by atoms with Crippen LogP contribution in [0.5, 0.6) is 5.75 Å². The van der Waals surface area contributed by atoms with E-state index < -0.39 is 0 Å². The minimum Gasteiger partial charge on any atom is -0.481 e. The zero-order valence-corrected chi connectivity index (χ0v) is 11.7. The fourth-order valence-electron chi connectivity index (χ4n) is 3.41. The van der Waals surface area contributed by atoms with Crippen LogP contribution in [0, 0.1) is 6.92 Å². The van der Waals surface area contributed by atoms with E-state index in [4.69, 9.17) is 4.74 Å². The Balaban J connectivity index is 1.78. The fourth-order valence-corrected chi connectivity index (χ4v) is 3.41. The highest BCUT2D eigenvalue weighted by molar-refractivity contribution is 5.61. The summed E-state index contributed by atoms with van der Waals surface area (Å²) in [5.74, 6) is 0.980. The number of benzene rings is 2. The van der Waals surface area contributed by atoms with E-state index in [1.54, 1.807) is 0 Å². The van der Waals surface area contributed by atoms with Gasteiger partial charge in [-0.05, 0) is 55.0 Å². The minimum absolute atomic E-state index is 0.143. The monoisotopic (exact) mass is 265 g/mol. The summed E-state index contributed by atoms with van der Waals surface area (Å²) in [6, 6.07) is 15.5. The number of aryl methyl sites for hydroxylation is 2. The van der Waals surface area contributed by atoms with E-state index >= 15 is 0 Å². The molecule has 1 N–H and O–H groups in total. The Kier molecular flexibility index (Phi) is 2.69. The predicted octanol–water partition coefficient (Wildman–Crippen LogP) is 4.25. The molecular formula is C18H19NO. The molecule has 1 aliphatic carbocycles. The van der Waals surface area contributed by atoms with E-state index in [0.29, 0.717) is 6.04 Å². The largest absolute Gasteiger partial charge is 0.481 e. The Labute approximate surface area is 119 Å². The number of anilines is 1. The van der Waals surface area contributed by atoms with Crippen molar-refractivity contribution in [1.82, 2.24) is 0 Å². The van der Waals surface area contributed by atoms with Gasteiger partial charge in [-0.15, -0.1) is 0 Å². The molecule has 0 bridgehead atoms. The van der Waals surface area contributed by atoms with E-state index in [1.807, 2.05) is 0 Å². The molecule has 1 heterocycles. The van der Waals surface area contributed by atoms with Gasteiger partial charge in [0.25, 0.3) is 0 Å². The summed E-state index contributed by atoms with van der Waals surface area (Å²) < 4.78 is 6.33. The lowest BCUT2D eigenvalue weighted by Gasteiger charge is -2.35. The van der Waals surface area contributed by atoms with Gasteiger partial charge in [0.15, 0.2) is 0 Å². The van der Waals surface area contributed by atoms with E-state index in [9.17, 15) is 0 Å². The van der Waals surface area contributed by atoms with Gasteiger partial charge in [0.05, 0.1) is 11.7 Å². The number of ether oxygens (including phenoxy) is 1. The van der Waals surface area contributed by atoms with Gasteiger partial charge < -0.3 is 10.1 Å². The number of fused-ring (bicyclic) bond motifs is 4. The van der Waals surface area contributed by atoms with Crippen molar-refractivity contribution in [3.8, 4) is 5.75 Å². The summed E-state index contributed by atoms with van der Waals surface area (Å²) in [5, 5.41) is 3.70. The fraction of sp³-hybridized carbons (Fsp3) is 0.333. The van der Waals surface area contributed by atoms with E-state index in [-0.39, 0.29) is 6.10 Å². The molecule has 2 aromatic rings. The predicted molar refractivity (Wildman–Crippen MR) is 81.3 cm³/mol. The quantitative estimate of drug-likeness (QED) is 0.769. The molecule has 2 unspecified atom stereocenters. The number of nitrogens with one attached hydrogen (secondary N) is 1. The molecule has 2 nitrogen and oxygen atoms in total. The zero-order valence-electron chi connectivity index (χ0n) is 11.7. The zero-order chi connectivity index (χ0) is 13.5. The molecule has 0 saturated heterocycles. The van der Waals surface area contributed by atoms with Crippen molar-refractivity contribution in [3.05, 3.63) is 59.2 Å². The second kappa shape index (κ2) is 4.55. The van der Waals surface area contributed by atoms with Crippen LogP contribution in [0.1, 0.15) is 35.6 Å². The molecule has 20 heavy (non-hydrogen) atoms. The van der Waals surface area contributed by atoms with Crippen LogP contribution >= 0.6 is 0 Å². The van der Waals surface area contributed by atoms with Crippen LogP contribution < -0.4 is 10.1 Å². The second-order valence-electron chi connectivity index (χ2n) is 5.88. The molecule has 4 rings (SSSR count). The van der Waals surface area contributed by atoms with Gasteiger partial charge >= 0.3 is 0 Å². The van der Waals surface area contributed by atoms with Crippen molar-refractivity contribution in [2.24, 2.45) is 0 Å². The topological polar surface area (TPSA) is 21.3 Å². The van der Waals surface area contributed by atoms with E-state index in [1.165, 1.54) is 23.1 Å². The first-order valence-corrected chi connectivity index (χ1v) is 7.43. The summed E-state index contributed by atoms with van der Waals surface area (Å²) in [4.78, 5) is 0. The highest BCUT2D eigenvalue weighted by atomic mass is 16.5. The number of rotatable bonds is 0. The van der Waals surface area contributed by atoms with Crippen molar-refractivity contribution < 1.29 is 4.74 Å². The van der Waals surface area contributed by atoms with Crippen LogP contribution in [0.2, 0.25) is 0 Å². The maximum absolute atomic E-state index is 6.33. The summed E-state index contributed by atoms with van der Waals surface area (Å²) in [6.45, 7) is 2.12. The molecule has 2 heteroatoms. The minimum atomic E-state index is 0.143. The summed E-state index contributed by atoms with van der Waals surface area (Å²) >= 11 is 0. The smallest absolute Gasteiger partial charge is 0.144 e. The van der Waals surface area contributed by atoms with Gasteiger partial charge in [-0.2, -0.15) is 0 Å². The maximum Gasteiger partial charge on any atom is 0.144 e. The average Bonchev–Trinajstić information content (AvgIpc) is 2.64. The average molecular weight is 265 g/mol. The third kappa shape index (κ3) is 1.87. The van der Waals surface area contributed by atoms with E-state index in [0.717, 1.165) is 24.3 Å². The van der Waals surface area contributed by atoms with Crippen LogP contribution in [-0.4, -0.2) is 6.04 Å². The first-order valence-electron chi connectivity index (χ1n) is 7.43. The second-order valence-corrected chi connectivity index (χ2v) is 5.88. The first-order chi connectivity index (χ1) is 9.81. The summed E-state index contributed by atoms with van der Waals surface area (Å²) in [7, 11) is 0. The molecule has 2 aromatic carbocycles. The maximum atomic E-state index is 6.33. The Morgan fingerprint density at radius 1 is 1.15 bits per heavy atom. The van der Waals surface area contributed by atoms with Crippen molar-refractivity contribution >= 4 is 5.69 Å². The molecule has 0 radical (unpaired) electrons. The van der Waals surface area contributed by atoms with Crippen LogP contribution in [0.4, 0.5) is 5.69 Å². The molecule has 0 spiro atoms. The molecule has 102 valence electrons. The van der Waals surface area contributed by atoms with Crippen molar-refractivity contribution in [2.75, 3.05) is 5.32 Å². The molecule has 1 aliphatic heterocycles. The van der Waals surface area contributed by atoms with Crippen molar-refractivity contribution in [2.45, 2.75) is 38.3 Å². The third-order valence-electron chi connectivity index (χ3n) is 4.42. The Bertz CT molecular complexity index is 650. The van der Waals surface area contributed by atoms with Gasteiger partial charge in [0.2, 0.25) is 0 Å². The SMILES string of the molecule is Cc1ccc2c(c1)NC1CCCc3ccccc3C1O2. The van der Waals surface area contributed by atoms with E-state index in [2.05, 4.69) is 54.7 Å². The number of hydrogen-bond acceptors (Lipinski definition) is 2. The Morgan fingerprint density at radius 2 is 2.05 bits per heavy atom. The Morgan fingerprint density at radius 3 is 3.00 bits per heavy atom. The molecule has 0 amide bonds. The van der Waals surface area contributed by atoms with Crippen LogP contribution in [-0.2, 0) is 6.42 Å². The lowest BCUT2D eigenvalue weighted by molar-refractivity contribution is 0.168.